The molecule has 1 aliphatic carbocycles. The van der Waals surface area contributed by atoms with Crippen molar-refractivity contribution in [3.63, 3.8) is 0 Å². The molecule has 0 bridgehead atoms. The highest BCUT2D eigenvalue weighted by Gasteiger charge is 2.35. The molecular weight excluding hydrogens is 314 g/mol. The van der Waals surface area contributed by atoms with E-state index < -0.39 is 0 Å². The first-order chi connectivity index (χ1) is 11.3. The van der Waals surface area contributed by atoms with Crippen molar-refractivity contribution in [3.8, 4) is 0 Å². The Morgan fingerprint density at radius 2 is 2.22 bits per heavy atom. The third-order valence-electron chi connectivity index (χ3n) is 4.65. The number of anilines is 1. The van der Waals surface area contributed by atoms with Crippen LogP contribution in [0.15, 0.2) is 18.0 Å². The average molecular weight is 333 g/mol. The lowest BCUT2D eigenvalue weighted by Gasteiger charge is -2.34. The highest BCUT2D eigenvalue weighted by atomic mass is 32.1. The molecule has 122 valence electrons. The second-order valence-electron chi connectivity index (χ2n) is 6.30. The van der Waals surface area contributed by atoms with Crippen LogP contribution in [0.2, 0.25) is 0 Å². The van der Waals surface area contributed by atoms with Crippen LogP contribution in [0, 0.1) is 11.8 Å². The van der Waals surface area contributed by atoms with Crippen molar-refractivity contribution in [1.82, 2.24) is 19.7 Å². The topological polar surface area (TPSA) is 81.9 Å². The summed E-state index contributed by atoms with van der Waals surface area (Å²) in [5.74, 6) is 0.689. The molecule has 2 aromatic heterocycles. The average Bonchev–Trinajstić information content (AvgIpc) is 3.20. The summed E-state index contributed by atoms with van der Waals surface area (Å²) in [5, 5.41) is 13.3. The number of rotatable bonds is 5. The molecule has 2 aliphatic rings. The SMILES string of the molecule is O=C(Nc1nc(CC2CCOC2)cs1)C1CC(n2cnnc2)C1. The Balaban J connectivity index is 1.27. The van der Waals surface area contributed by atoms with E-state index in [1.807, 2.05) is 9.95 Å². The van der Waals surface area contributed by atoms with Crippen LogP contribution in [0.3, 0.4) is 0 Å². The Hall–Kier alpha value is -1.80. The minimum absolute atomic E-state index is 0.0537. The molecule has 1 N–H and O–H groups in total. The van der Waals surface area contributed by atoms with Crippen LogP contribution < -0.4 is 5.32 Å². The summed E-state index contributed by atoms with van der Waals surface area (Å²) in [7, 11) is 0. The lowest BCUT2D eigenvalue weighted by atomic mass is 9.79. The molecule has 23 heavy (non-hydrogen) atoms. The lowest BCUT2D eigenvalue weighted by Crippen LogP contribution is -2.35. The smallest absolute Gasteiger partial charge is 0.229 e. The lowest BCUT2D eigenvalue weighted by molar-refractivity contribution is -0.123. The van der Waals surface area contributed by atoms with Crippen molar-refractivity contribution in [1.29, 1.82) is 0 Å². The summed E-state index contributed by atoms with van der Waals surface area (Å²) in [6.45, 7) is 1.68. The van der Waals surface area contributed by atoms with Gasteiger partial charge in [-0.25, -0.2) is 4.98 Å². The van der Waals surface area contributed by atoms with Crippen LogP contribution >= 0.6 is 11.3 Å². The van der Waals surface area contributed by atoms with Gasteiger partial charge in [-0.3, -0.25) is 4.79 Å². The van der Waals surface area contributed by atoms with Crippen LogP contribution in [0.1, 0.15) is 31.0 Å². The summed E-state index contributed by atoms with van der Waals surface area (Å²) in [5.41, 5.74) is 1.05. The maximum Gasteiger partial charge on any atom is 0.229 e. The van der Waals surface area contributed by atoms with Crippen molar-refractivity contribution < 1.29 is 9.53 Å². The molecule has 2 aromatic rings. The van der Waals surface area contributed by atoms with E-state index in [1.165, 1.54) is 11.3 Å². The molecule has 1 saturated carbocycles. The van der Waals surface area contributed by atoms with Crippen LogP contribution in [0.4, 0.5) is 5.13 Å². The molecule has 8 heteroatoms. The number of hydrogen-bond acceptors (Lipinski definition) is 6. The summed E-state index contributed by atoms with van der Waals surface area (Å²) in [4.78, 5) is 16.8. The molecule has 4 rings (SSSR count). The highest BCUT2D eigenvalue weighted by molar-refractivity contribution is 7.13. The standard InChI is InChI=1S/C15H19N5O2S/c21-14(11-4-13(5-11)20-8-16-17-9-20)19-15-18-12(7-23-15)3-10-1-2-22-6-10/h7-11,13H,1-6H2,(H,18,19,21). The minimum Gasteiger partial charge on any atom is -0.381 e. The van der Waals surface area contributed by atoms with Crippen molar-refractivity contribution in [2.75, 3.05) is 18.5 Å². The number of hydrogen-bond donors (Lipinski definition) is 1. The van der Waals surface area contributed by atoms with E-state index in [0.717, 1.165) is 44.6 Å². The van der Waals surface area contributed by atoms with Gasteiger partial charge in [0.05, 0.1) is 5.69 Å². The van der Waals surface area contributed by atoms with Crippen LogP contribution in [-0.4, -0.2) is 38.9 Å². The maximum absolute atomic E-state index is 12.3. The molecule has 1 unspecified atom stereocenters. The Morgan fingerprint density at radius 3 is 2.96 bits per heavy atom. The highest BCUT2D eigenvalue weighted by Crippen LogP contribution is 2.38. The molecule has 2 fully saturated rings. The zero-order chi connectivity index (χ0) is 15.6. The van der Waals surface area contributed by atoms with Gasteiger partial charge in [0.2, 0.25) is 5.91 Å². The second-order valence-corrected chi connectivity index (χ2v) is 7.16. The molecule has 1 saturated heterocycles. The number of thiazole rings is 1. The number of nitrogens with one attached hydrogen (secondary N) is 1. The molecule has 0 aromatic carbocycles. The van der Waals surface area contributed by atoms with Gasteiger partial charge in [-0.05, 0) is 31.6 Å². The summed E-state index contributed by atoms with van der Waals surface area (Å²) < 4.78 is 7.36. The van der Waals surface area contributed by atoms with Crippen molar-refractivity contribution in [3.05, 3.63) is 23.7 Å². The Bertz CT molecular complexity index is 659. The monoisotopic (exact) mass is 333 g/mol. The van der Waals surface area contributed by atoms with Gasteiger partial charge in [0, 0.05) is 30.6 Å². The molecule has 7 nitrogen and oxygen atoms in total. The Morgan fingerprint density at radius 1 is 1.39 bits per heavy atom. The van der Waals surface area contributed by atoms with Crippen molar-refractivity contribution in [2.45, 2.75) is 31.7 Å². The van der Waals surface area contributed by atoms with Crippen molar-refractivity contribution >= 4 is 22.4 Å². The van der Waals surface area contributed by atoms with E-state index in [-0.39, 0.29) is 11.8 Å². The maximum atomic E-state index is 12.3. The minimum atomic E-state index is 0.0537. The van der Waals surface area contributed by atoms with E-state index in [0.29, 0.717) is 17.1 Å². The number of nitrogens with zero attached hydrogens (tertiary/aromatic N) is 4. The zero-order valence-electron chi connectivity index (χ0n) is 12.7. The van der Waals surface area contributed by atoms with Crippen LogP contribution in [-0.2, 0) is 16.0 Å². The first-order valence-electron chi connectivity index (χ1n) is 7.95. The van der Waals surface area contributed by atoms with Gasteiger partial charge in [0.25, 0.3) is 0 Å². The fourth-order valence-electron chi connectivity index (χ4n) is 3.15. The van der Waals surface area contributed by atoms with E-state index in [2.05, 4.69) is 20.5 Å². The Kier molecular flexibility index (Phi) is 4.09. The number of ether oxygens (including phenoxy) is 1. The van der Waals surface area contributed by atoms with Crippen LogP contribution in [0.5, 0.6) is 0 Å². The molecule has 0 spiro atoms. The fourth-order valence-corrected chi connectivity index (χ4v) is 3.87. The molecule has 3 heterocycles. The van der Waals surface area contributed by atoms with E-state index >= 15 is 0 Å². The van der Waals surface area contributed by atoms with Gasteiger partial charge in [0.15, 0.2) is 5.13 Å². The van der Waals surface area contributed by atoms with Crippen molar-refractivity contribution in [2.24, 2.45) is 11.8 Å². The van der Waals surface area contributed by atoms with Gasteiger partial charge in [-0.15, -0.1) is 21.5 Å². The first-order valence-corrected chi connectivity index (χ1v) is 8.83. The number of carbonyl (C=O) groups is 1. The third-order valence-corrected chi connectivity index (χ3v) is 5.45. The number of amides is 1. The van der Waals surface area contributed by atoms with Gasteiger partial charge < -0.3 is 14.6 Å². The largest absolute Gasteiger partial charge is 0.381 e. The molecule has 1 atom stereocenters. The number of aromatic nitrogens is 4. The van der Waals surface area contributed by atoms with Crippen LogP contribution in [0.25, 0.3) is 0 Å². The third kappa shape index (κ3) is 3.28. The Labute approximate surface area is 138 Å². The van der Waals surface area contributed by atoms with Gasteiger partial charge in [0.1, 0.15) is 12.7 Å². The van der Waals surface area contributed by atoms with E-state index in [9.17, 15) is 4.79 Å². The molecular formula is C15H19N5O2S. The summed E-state index contributed by atoms with van der Waals surface area (Å²) in [6, 6.07) is 0.343. The summed E-state index contributed by atoms with van der Waals surface area (Å²) in [6.07, 6.45) is 7.12. The van der Waals surface area contributed by atoms with Gasteiger partial charge in [-0.2, -0.15) is 0 Å². The second kappa shape index (κ2) is 6.37. The summed E-state index contributed by atoms with van der Waals surface area (Å²) >= 11 is 1.50. The quantitative estimate of drug-likeness (QED) is 0.904. The van der Waals surface area contributed by atoms with E-state index in [4.69, 9.17) is 4.74 Å². The zero-order valence-corrected chi connectivity index (χ0v) is 13.5. The fraction of sp³-hybridized carbons (Fsp3) is 0.600. The molecule has 0 radical (unpaired) electrons. The predicted molar refractivity (Wildman–Crippen MR) is 85.2 cm³/mol. The molecule has 1 aliphatic heterocycles. The first kappa shape index (κ1) is 14.8. The normalized spacial score (nSPS) is 26.9. The predicted octanol–water partition coefficient (Wildman–Crippen LogP) is 1.90. The van der Waals surface area contributed by atoms with E-state index in [1.54, 1.807) is 12.7 Å². The number of carbonyl (C=O) groups excluding carboxylic acids is 1. The van der Waals surface area contributed by atoms with Gasteiger partial charge >= 0.3 is 0 Å². The van der Waals surface area contributed by atoms with Gasteiger partial charge in [-0.1, -0.05) is 0 Å². The molecule has 1 amide bonds.